The van der Waals surface area contributed by atoms with E-state index in [2.05, 4.69) is 50.6 Å². The molecule has 0 saturated heterocycles. The molecule has 1 N–H and O–H groups in total. The number of hydrogen-bond donors (Lipinski definition) is 1. The van der Waals surface area contributed by atoms with Crippen molar-refractivity contribution in [2.75, 3.05) is 7.05 Å². The number of nitrogens with zero attached hydrogens (tertiary/aromatic N) is 4. The van der Waals surface area contributed by atoms with E-state index in [-0.39, 0.29) is 6.04 Å². The van der Waals surface area contributed by atoms with Crippen molar-refractivity contribution in [1.29, 1.82) is 0 Å². The maximum atomic E-state index is 4.79. The fourth-order valence-corrected chi connectivity index (χ4v) is 3.15. The van der Waals surface area contributed by atoms with Crippen LogP contribution in [0.3, 0.4) is 0 Å². The van der Waals surface area contributed by atoms with Crippen molar-refractivity contribution < 1.29 is 0 Å². The molecule has 0 saturated carbocycles. The van der Waals surface area contributed by atoms with Crippen molar-refractivity contribution in [3.05, 3.63) is 51.9 Å². The molecule has 0 fully saturated rings. The van der Waals surface area contributed by atoms with Gasteiger partial charge in [0.15, 0.2) is 4.60 Å². The average Bonchev–Trinajstić information content (AvgIpc) is 2.81. The van der Waals surface area contributed by atoms with Crippen LogP contribution >= 0.6 is 15.9 Å². The minimum atomic E-state index is -0.0670. The Kier molecular flexibility index (Phi) is 3.73. The van der Waals surface area contributed by atoms with E-state index in [1.165, 1.54) is 10.9 Å². The standard InChI is InChI=1S/C15H16BrN5/c1-9-8-12(18-11-7-5-4-6-10(9)11)13(17-2)14-15(16)19-20-21(14)3/h4-8,13,17H,1-3H3. The van der Waals surface area contributed by atoms with Crippen molar-refractivity contribution in [3.63, 3.8) is 0 Å². The van der Waals surface area contributed by atoms with Gasteiger partial charge in [-0.1, -0.05) is 23.4 Å². The Morgan fingerprint density at radius 3 is 2.71 bits per heavy atom. The van der Waals surface area contributed by atoms with Gasteiger partial charge in [-0.25, -0.2) is 4.68 Å². The number of halogens is 1. The minimum absolute atomic E-state index is 0.0670. The highest BCUT2D eigenvalue weighted by Gasteiger charge is 2.22. The smallest absolute Gasteiger partial charge is 0.153 e. The Bertz CT molecular complexity index is 776. The Morgan fingerprint density at radius 1 is 1.29 bits per heavy atom. The van der Waals surface area contributed by atoms with Gasteiger partial charge in [-0.05, 0) is 47.6 Å². The molecule has 0 radical (unpaired) electrons. The van der Waals surface area contributed by atoms with Crippen LogP contribution in [0, 0.1) is 6.92 Å². The van der Waals surface area contributed by atoms with Crippen LogP contribution in [0.2, 0.25) is 0 Å². The van der Waals surface area contributed by atoms with Crippen LogP contribution in [0.15, 0.2) is 34.9 Å². The summed E-state index contributed by atoms with van der Waals surface area (Å²) in [4.78, 5) is 4.79. The third-order valence-electron chi connectivity index (χ3n) is 3.63. The highest BCUT2D eigenvalue weighted by molar-refractivity contribution is 9.10. The third kappa shape index (κ3) is 2.45. The molecule has 0 bridgehead atoms. The molecule has 0 aliphatic carbocycles. The number of pyridine rings is 1. The number of hydrogen-bond acceptors (Lipinski definition) is 4. The lowest BCUT2D eigenvalue weighted by molar-refractivity contribution is 0.587. The lowest BCUT2D eigenvalue weighted by atomic mass is 10.0. The van der Waals surface area contributed by atoms with E-state index in [1.54, 1.807) is 4.68 Å². The molecular formula is C15H16BrN5. The first-order valence-corrected chi connectivity index (χ1v) is 7.49. The van der Waals surface area contributed by atoms with Crippen LogP contribution in [0.25, 0.3) is 10.9 Å². The summed E-state index contributed by atoms with van der Waals surface area (Å²) < 4.78 is 2.49. The Balaban J connectivity index is 2.18. The number of para-hydroxylation sites is 1. The van der Waals surface area contributed by atoms with Crippen LogP contribution in [0.4, 0.5) is 0 Å². The molecule has 0 aliphatic rings. The lowest BCUT2D eigenvalue weighted by Crippen LogP contribution is -2.22. The minimum Gasteiger partial charge on any atom is -0.307 e. The largest absolute Gasteiger partial charge is 0.307 e. The number of aryl methyl sites for hydroxylation is 2. The molecule has 1 unspecified atom stereocenters. The molecule has 0 aliphatic heterocycles. The van der Waals surface area contributed by atoms with Gasteiger partial charge in [0.2, 0.25) is 0 Å². The van der Waals surface area contributed by atoms with E-state index in [0.29, 0.717) is 0 Å². The zero-order chi connectivity index (χ0) is 15.0. The zero-order valence-corrected chi connectivity index (χ0v) is 13.7. The van der Waals surface area contributed by atoms with Gasteiger partial charge >= 0.3 is 0 Å². The summed E-state index contributed by atoms with van der Waals surface area (Å²) in [5, 5.41) is 12.6. The normalized spacial score (nSPS) is 12.8. The van der Waals surface area contributed by atoms with Crippen molar-refractivity contribution in [2.45, 2.75) is 13.0 Å². The fourth-order valence-electron chi connectivity index (χ4n) is 2.59. The quantitative estimate of drug-likeness (QED) is 0.792. The molecule has 0 spiro atoms. The Morgan fingerprint density at radius 2 is 2.05 bits per heavy atom. The van der Waals surface area contributed by atoms with Crippen LogP contribution in [-0.4, -0.2) is 27.0 Å². The summed E-state index contributed by atoms with van der Waals surface area (Å²) in [7, 11) is 3.79. The van der Waals surface area contributed by atoms with Gasteiger partial charge in [0.25, 0.3) is 0 Å². The molecule has 21 heavy (non-hydrogen) atoms. The van der Waals surface area contributed by atoms with Gasteiger partial charge in [0.05, 0.1) is 22.9 Å². The van der Waals surface area contributed by atoms with Gasteiger partial charge in [-0.3, -0.25) is 4.98 Å². The molecule has 3 rings (SSSR count). The maximum absolute atomic E-state index is 4.79. The number of fused-ring (bicyclic) bond motifs is 1. The third-order valence-corrected chi connectivity index (χ3v) is 4.19. The first kappa shape index (κ1) is 14.2. The number of benzene rings is 1. The summed E-state index contributed by atoms with van der Waals surface area (Å²) in [6.07, 6.45) is 0. The summed E-state index contributed by atoms with van der Waals surface area (Å²) in [6.45, 7) is 2.11. The van der Waals surface area contributed by atoms with E-state index in [1.807, 2.05) is 32.3 Å². The van der Waals surface area contributed by atoms with Crippen LogP contribution in [0.5, 0.6) is 0 Å². The molecule has 5 nitrogen and oxygen atoms in total. The average molecular weight is 346 g/mol. The van der Waals surface area contributed by atoms with Crippen molar-refractivity contribution in [3.8, 4) is 0 Å². The number of aromatic nitrogens is 4. The highest BCUT2D eigenvalue weighted by atomic mass is 79.9. The summed E-state index contributed by atoms with van der Waals surface area (Å²) in [5.74, 6) is 0. The van der Waals surface area contributed by atoms with Gasteiger partial charge in [0.1, 0.15) is 0 Å². The zero-order valence-electron chi connectivity index (χ0n) is 12.1. The first-order chi connectivity index (χ1) is 10.1. The topological polar surface area (TPSA) is 55.6 Å². The predicted molar refractivity (Wildman–Crippen MR) is 86.1 cm³/mol. The molecule has 1 aromatic carbocycles. The Labute approximate surface area is 131 Å². The van der Waals surface area contributed by atoms with Gasteiger partial charge in [-0.15, -0.1) is 5.10 Å². The Hall–Kier alpha value is -1.79. The molecule has 1 atom stereocenters. The molecule has 2 aromatic heterocycles. The molecule has 2 heterocycles. The highest BCUT2D eigenvalue weighted by Crippen LogP contribution is 2.28. The van der Waals surface area contributed by atoms with Gasteiger partial charge in [0, 0.05) is 12.4 Å². The number of nitrogens with one attached hydrogen (secondary N) is 1. The van der Waals surface area contributed by atoms with Crippen molar-refractivity contribution in [1.82, 2.24) is 25.3 Å². The fraction of sp³-hybridized carbons (Fsp3) is 0.267. The summed E-state index contributed by atoms with van der Waals surface area (Å²) >= 11 is 3.46. The van der Waals surface area contributed by atoms with Crippen molar-refractivity contribution >= 4 is 26.8 Å². The van der Waals surface area contributed by atoms with E-state index in [0.717, 1.165) is 21.5 Å². The van der Waals surface area contributed by atoms with Crippen LogP contribution in [-0.2, 0) is 7.05 Å². The first-order valence-electron chi connectivity index (χ1n) is 6.70. The van der Waals surface area contributed by atoms with Crippen LogP contribution < -0.4 is 5.32 Å². The van der Waals surface area contributed by atoms with Crippen LogP contribution in [0.1, 0.15) is 23.0 Å². The molecule has 0 amide bonds. The SMILES string of the molecule is CNC(c1cc(C)c2ccccc2n1)c1c(Br)nnn1C. The lowest BCUT2D eigenvalue weighted by Gasteiger charge is -2.17. The monoisotopic (exact) mass is 345 g/mol. The second kappa shape index (κ2) is 5.54. The van der Waals surface area contributed by atoms with Crippen molar-refractivity contribution in [2.24, 2.45) is 7.05 Å². The van der Waals surface area contributed by atoms with E-state index in [9.17, 15) is 0 Å². The number of rotatable bonds is 3. The van der Waals surface area contributed by atoms with E-state index < -0.39 is 0 Å². The van der Waals surface area contributed by atoms with E-state index in [4.69, 9.17) is 4.98 Å². The molecule has 108 valence electrons. The predicted octanol–water partition coefficient (Wildman–Crippen LogP) is 2.74. The van der Waals surface area contributed by atoms with Gasteiger partial charge < -0.3 is 5.32 Å². The molecule has 6 heteroatoms. The second-order valence-corrected chi connectivity index (χ2v) is 5.74. The van der Waals surface area contributed by atoms with Gasteiger partial charge in [-0.2, -0.15) is 0 Å². The second-order valence-electron chi connectivity index (χ2n) is 4.99. The molecule has 3 aromatic rings. The maximum Gasteiger partial charge on any atom is 0.153 e. The summed E-state index contributed by atoms with van der Waals surface area (Å²) in [5.41, 5.74) is 4.13. The molecular weight excluding hydrogens is 330 g/mol. The summed E-state index contributed by atoms with van der Waals surface area (Å²) in [6, 6.07) is 10.2. The van der Waals surface area contributed by atoms with E-state index >= 15 is 0 Å².